The highest BCUT2D eigenvalue weighted by atomic mass is 19.1. The highest BCUT2D eigenvalue weighted by molar-refractivity contribution is 5.07. The number of hydrogen-bond donors (Lipinski definition) is 0. The zero-order valence-electron chi connectivity index (χ0n) is 7.47. The van der Waals surface area contributed by atoms with E-state index in [9.17, 15) is 4.39 Å². The van der Waals surface area contributed by atoms with E-state index in [-0.39, 0.29) is 5.92 Å². The fraction of sp³-hybridized carbons (Fsp3) is 1.00. The molecule has 1 aliphatic carbocycles. The van der Waals surface area contributed by atoms with E-state index >= 15 is 0 Å². The van der Waals surface area contributed by atoms with Gasteiger partial charge in [-0.3, -0.25) is 0 Å². The van der Waals surface area contributed by atoms with E-state index in [0.717, 1.165) is 12.8 Å². The van der Waals surface area contributed by atoms with Gasteiger partial charge >= 0.3 is 0 Å². The number of hydrogen-bond acceptors (Lipinski definition) is 1. The minimum Gasteiger partial charge on any atom is -0.300 e. The van der Waals surface area contributed by atoms with E-state index < -0.39 is 5.67 Å². The highest BCUT2D eigenvalue weighted by Gasteiger charge is 2.54. The van der Waals surface area contributed by atoms with Crippen molar-refractivity contribution in [3.05, 3.63) is 0 Å². The smallest absolute Gasteiger partial charge is 0.114 e. The van der Waals surface area contributed by atoms with Crippen LogP contribution < -0.4 is 0 Å². The maximum Gasteiger partial charge on any atom is 0.114 e. The van der Waals surface area contributed by atoms with E-state index in [0.29, 0.717) is 12.1 Å². The first kappa shape index (κ1) is 7.53. The van der Waals surface area contributed by atoms with Gasteiger partial charge in [0.2, 0.25) is 0 Å². The van der Waals surface area contributed by atoms with Crippen molar-refractivity contribution in [2.45, 2.75) is 44.4 Å². The van der Waals surface area contributed by atoms with Crippen molar-refractivity contribution in [2.75, 3.05) is 7.05 Å². The molecule has 0 radical (unpaired) electrons. The van der Waals surface area contributed by atoms with Crippen LogP contribution in [0.3, 0.4) is 0 Å². The lowest BCUT2D eigenvalue weighted by Gasteiger charge is -2.36. The molecular formula is C9H16FN. The third-order valence-corrected chi connectivity index (χ3v) is 3.73. The Balaban J connectivity index is 2.23. The molecule has 0 aromatic carbocycles. The predicted octanol–water partition coefficient (Wildman–Crippen LogP) is 1.83. The van der Waals surface area contributed by atoms with E-state index in [1.165, 1.54) is 0 Å². The summed E-state index contributed by atoms with van der Waals surface area (Å²) in [6, 6.07) is 0.966. The van der Waals surface area contributed by atoms with Gasteiger partial charge in [-0.1, -0.05) is 0 Å². The molecule has 0 spiro atoms. The SMILES string of the molecule is CC1C2CC(CC2(C)F)N1C. The van der Waals surface area contributed by atoms with Crippen molar-refractivity contribution in [1.82, 2.24) is 4.90 Å². The van der Waals surface area contributed by atoms with Gasteiger partial charge in [0.1, 0.15) is 5.67 Å². The second kappa shape index (κ2) is 1.98. The molecule has 0 aromatic heterocycles. The molecule has 2 rings (SSSR count). The molecule has 2 aliphatic rings. The van der Waals surface area contributed by atoms with Crippen LogP contribution in [-0.4, -0.2) is 29.7 Å². The molecule has 0 N–H and O–H groups in total. The largest absolute Gasteiger partial charge is 0.300 e. The van der Waals surface area contributed by atoms with Crippen LogP contribution in [0, 0.1) is 5.92 Å². The van der Waals surface area contributed by atoms with Gasteiger partial charge < -0.3 is 4.90 Å². The highest BCUT2D eigenvalue weighted by Crippen LogP contribution is 2.49. The average molecular weight is 157 g/mol. The molecule has 1 saturated heterocycles. The van der Waals surface area contributed by atoms with Crippen LogP contribution in [0.4, 0.5) is 4.39 Å². The van der Waals surface area contributed by atoms with Crippen LogP contribution in [-0.2, 0) is 0 Å². The number of nitrogens with zero attached hydrogens (tertiary/aromatic N) is 1. The fourth-order valence-electron chi connectivity index (χ4n) is 2.86. The van der Waals surface area contributed by atoms with Crippen molar-refractivity contribution in [1.29, 1.82) is 0 Å². The van der Waals surface area contributed by atoms with Gasteiger partial charge in [0, 0.05) is 18.0 Å². The van der Waals surface area contributed by atoms with Gasteiger partial charge in [0.05, 0.1) is 0 Å². The van der Waals surface area contributed by atoms with Gasteiger partial charge in [0.15, 0.2) is 0 Å². The maximum atomic E-state index is 13.7. The molecule has 2 fully saturated rings. The number of alkyl halides is 1. The summed E-state index contributed by atoms with van der Waals surface area (Å²) in [6.07, 6.45) is 1.82. The Morgan fingerprint density at radius 2 is 2.18 bits per heavy atom. The fourth-order valence-corrected chi connectivity index (χ4v) is 2.86. The van der Waals surface area contributed by atoms with Crippen LogP contribution in [0.5, 0.6) is 0 Å². The summed E-state index contributed by atoms with van der Waals surface area (Å²) in [6.45, 7) is 3.91. The number of likely N-dealkylation sites (tertiary alicyclic amines) is 1. The van der Waals surface area contributed by atoms with E-state index in [1.807, 2.05) is 0 Å². The van der Waals surface area contributed by atoms with E-state index in [2.05, 4.69) is 18.9 Å². The van der Waals surface area contributed by atoms with Crippen molar-refractivity contribution in [3.63, 3.8) is 0 Å². The third kappa shape index (κ3) is 0.851. The van der Waals surface area contributed by atoms with Gasteiger partial charge in [-0.15, -0.1) is 0 Å². The van der Waals surface area contributed by atoms with E-state index in [1.54, 1.807) is 6.92 Å². The second-order valence-corrected chi connectivity index (χ2v) is 4.38. The molecule has 64 valence electrons. The Labute approximate surface area is 67.6 Å². The molecule has 2 heteroatoms. The number of fused-ring (bicyclic) bond motifs is 2. The summed E-state index contributed by atoms with van der Waals surface area (Å²) in [5, 5.41) is 0. The van der Waals surface area contributed by atoms with Gasteiger partial charge in [-0.2, -0.15) is 0 Å². The van der Waals surface area contributed by atoms with Crippen molar-refractivity contribution in [3.8, 4) is 0 Å². The van der Waals surface area contributed by atoms with Gasteiger partial charge in [-0.25, -0.2) is 4.39 Å². The van der Waals surface area contributed by atoms with Crippen molar-refractivity contribution >= 4 is 0 Å². The Hall–Kier alpha value is -0.110. The summed E-state index contributed by atoms with van der Waals surface area (Å²) in [5.41, 5.74) is -0.878. The average Bonchev–Trinajstić information content (AvgIpc) is 2.31. The molecule has 4 atom stereocenters. The Morgan fingerprint density at radius 1 is 1.55 bits per heavy atom. The molecule has 1 saturated carbocycles. The second-order valence-electron chi connectivity index (χ2n) is 4.38. The molecule has 11 heavy (non-hydrogen) atoms. The minimum absolute atomic E-state index is 0.289. The maximum absolute atomic E-state index is 13.7. The number of piperidine rings is 1. The number of rotatable bonds is 0. The third-order valence-electron chi connectivity index (χ3n) is 3.73. The van der Waals surface area contributed by atoms with Crippen molar-refractivity contribution < 1.29 is 4.39 Å². The summed E-state index contributed by atoms with van der Waals surface area (Å²) in [7, 11) is 2.12. The lowest BCUT2D eigenvalue weighted by Crippen LogP contribution is -2.45. The molecule has 0 amide bonds. The minimum atomic E-state index is -0.878. The van der Waals surface area contributed by atoms with Crippen LogP contribution in [0.2, 0.25) is 0 Å². The normalized spacial score (nSPS) is 57.3. The Kier molecular flexibility index (Phi) is 1.35. The zero-order valence-corrected chi connectivity index (χ0v) is 7.47. The zero-order chi connectivity index (χ0) is 8.22. The lowest BCUT2D eigenvalue weighted by molar-refractivity contribution is 0.0396. The lowest BCUT2D eigenvalue weighted by atomic mass is 9.88. The monoisotopic (exact) mass is 157 g/mol. The summed E-state index contributed by atoms with van der Waals surface area (Å²) in [5.74, 6) is 0.289. The summed E-state index contributed by atoms with van der Waals surface area (Å²) < 4.78 is 13.7. The molecular weight excluding hydrogens is 141 g/mol. The first-order chi connectivity index (χ1) is 5.02. The van der Waals surface area contributed by atoms with Crippen LogP contribution in [0.25, 0.3) is 0 Å². The standard InChI is InChI=1S/C9H16FN/c1-6-8-4-7(11(6)3)5-9(8,2)10/h6-8H,4-5H2,1-3H3. The molecule has 4 unspecified atom stereocenters. The first-order valence-corrected chi connectivity index (χ1v) is 4.43. The Bertz CT molecular complexity index is 176. The van der Waals surface area contributed by atoms with Gasteiger partial charge in [-0.05, 0) is 33.7 Å². The first-order valence-electron chi connectivity index (χ1n) is 4.43. The quantitative estimate of drug-likeness (QED) is 0.518. The summed E-state index contributed by atoms with van der Waals surface area (Å²) >= 11 is 0. The molecule has 0 aromatic rings. The van der Waals surface area contributed by atoms with Crippen LogP contribution in [0.15, 0.2) is 0 Å². The molecule has 1 nitrogen and oxygen atoms in total. The number of halogens is 1. The summed E-state index contributed by atoms with van der Waals surface area (Å²) in [4.78, 5) is 2.33. The van der Waals surface area contributed by atoms with Crippen molar-refractivity contribution in [2.24, 2.45) is 5.92 Å². The molecule has 2 bridgehead atoms. The molecule has 1 aliphatic heterocycles. The van der Waals surface area contributed by atoms with Crippen LogP contribution in [0.1, 0.15) is 26.7 Å². The van der Waals surface area contributed by atoms with Crippen LogP contribution >= 0.6 is 0 Å². The topological polar surface area (TPSA) is 3.24 Å². The Morgan fingerprint density at radius 3 is 2.55 bits per heavy atom. The molecule has 1 heterocycles. The van der Waals surface area contributed by atoms with E-state index in [4.69, 9.17) is 0 Å². The predicted molar refractivity (Wildman–Crippen MR) is 43.3 cm³/mol. The van der Waals surface area contributed by atoms with Gasteiger partial charge in [0.25, 0.3) is 0 Å².